The van der Waals surface area contributed by atoms with Crippen LogP contribution in [0.2, 0.25) is 0 Å². The molecule has 0 aliphatic carbocycles. The van der Waals surface area contributed by atoms with E-state index in [1.165, 1.54) is 11.9 Å². The van der Waals surface area contributed by atoms with Gasteiger partial charge in [0.15, 0.2) is 0 Å². The summed E-state index contributed by atoms with van der Waals surface area (Å²) in [6, 6.07) is 18.0. The predicted octanol–water partition coefficient (Wildman–Crippen LogP) is 4.01. The van der Waals surface area contributed by atoms with E-state index >= 15 is 0 Å². The van der Waals surface area contributed by atoms with Gasteiger partial charge in [-0.2, -0.15) is 0 Å². The molecule has 2 amide bonds. The summed E-state index contributed by atoms with van der Waals surface area (Å²) in [5, 5.41) is 0. The Labute approximate surface area is 200 Å². The second-order valence-electron chi connectivity index (χ2n) is 8.99. The van der Waals surface area contributed by atoms with Crippen molar-refractivity contribution in [2.75, 3.05) is 34.3 Å². The zero-order valence-corrected chi connectivity index (χ0v) is 19.6. The molecule has 0 spiro atoms. The van der Waals surface area contributed by atoms with Gasteiger partial charge in [-0.15, -0.1) is 0 Å². The van der Waals surface area contributed by atoms with E-state index in [0.29, 0.717) is 12.2 Å². The van der Waals surface area contributed by atoms with Crippen LogP contribution in [0.15, 0.2) is 60.9 Å². The Morgan fingerprint density at radius 3 is 2.47 bits per heavy atom. The third-order valence-electron chi connectivity index (χ3n) is 6.87. The molecule has 7 nitrogen and oxygen atoms in total. The number of aromatic nitrogens is 2. The lowest BCUT2D eigenvalue weighted by Crippen LogP contribution is -2.47. The van der Waals surface area contributed by atoms with E-state index in [1.807, 2.05) is 54.3 Å². The fourth-order valence-corrected chi connectivity index (χ4v) is 5.13. The van der Waals surface area contributed by atoms with Gasteiger partial charge in [0.25, 0.3) is 5.91 Å². The maximum atomic E-state index is 13.2. The fourth-order valence-electron chi connectivity index (χ4n) is 5.13. The van der Waals surface area contributed by atoms with E-state index in [-0.39, 0.29) is 17.9 Å². The maximum Gasteiger partial charge on any atom is 0.277 e. The number of piperidine rings is 1. The molecule has 2 aliphatic rings. The summed E-state index contributed by atoms with van der Waals surface area (Å²) in [5.74, 6) is 0.730. The molecule has 0 atom stereocenters. The van der Waals surface area contributed by atoms with E-state index in [2.05, 4.69) is 20.9 Å². The van der Waals surface area contributed by atoms with Gasteiger partial charge in [0, 0.05) is 50.0 Å². The van der Waals surface area contributed by atoms with E-state index in [0.717, 1.165) is 55.1 Å². The Morgan fingerprint density at radius 2 is 1.71 bits per heavy atom. The molecular formula is C27H29N5O2. The van der Waals surface area contributed by atoms with Gasteiger partial charge in [-0.1, -0.05) is 36.4 Å². The predicted molar refractivity (Wildman–Crippen MR) is 133 cm³/mol. The molecule has 2 aromatic carbocycles. The third-order valence-corrected chi connectivity index (χ3v) is 6.87. The number of para-hydroxylation sites is 2. The Hall–Kier alpha value is -3.74. The summed E-state index contributed by atoms with van der Waals surface area (Å²) >= 11 is 0. The zero-order chi connectivity index (χ0) is 23.7. The van der Waals surface area contributed by atoms with Gasteiger partial charge >= 0.3 is 0 Å². The highest BCUT2D eigenvalue weighted by Gasteiger charge is 2.30. The monoisotopic (exact) mass is 455 g/mol. The first-order valence-electron chi connectivity index (χ1n) is 11.8. The van der Waals surface area contributed by atoms with Crippen LogP contribution in [0.5, 0.6) is 0 Å². The lowest BCUT2D eigenvalue weighted by Gasteiger charge is -2.39. The van der Waals surface area contributed by atoms with Crippen LogP contribution in [-0.4, -0.2) is 47.5 Å². The van der Waals surface area contributed by atoms with E-state index in [1.54, 1.807) is 17.9 Å². The van der Waals surface area contributed by atoms with Crippen molar-refractivity contribution in [2.24, 2.45) is 0 Å². The largest absolute Gasteiger partial charge is 0.356 e. The summed E-state index contributed by atoms with van der Waals surface area (Å²) in [4.78, 5) is 40.4. The number of benzene rings is 2. The van der Waals surface area contributed by atoms with Crippen molar-refractivity contribution in [3.05, 3.63) is 77.7 Å². The molecule has 0 radical (unpaired) electrons. The average Bonchev–Trinajstić information content (AvgIpc) is 3.29. The molecule has 174 valence electrons. The number of hydrogen-bond donors (Lipinski definition) is 0. The van der Waals surface area contributed by atoms with Crippen LogP contribution >= 0.6 is 0 Å². The first kappa shape index (κ1) is 22.1. The standard InChI is InChI=1S/C27H29N5O2/c1-19-7-3-5-9-24(19)32(20(2)33)22-12-14-30(15-13-22)26-17-23(28-18-29-26)27(34)31-16-11-21-8-4-6-10-25(21)31/h3-10,17-18,22H,11-16H2,1-2H3. The number of carbonyl (C=O) groups is 2. The molecule has 7 heteroatoms. The molecule has 0 N–H and O–H groups in total. The Morgan fingerprint density at radius 1 is 0.971 bits per heavy atom. The lowest BCUT2D eigenvalue weighted by molar-refractivity contribution is -0.117. The van der Waals surface area contributed by atoms with Gasteiger partial charge in [-0.25, -0.2) is 9.97 Å². The summed E-state index contributed by atoms with van der Waals surface area (Å²) in [6.07, 6.45) is 4.01. The Bertz CT molecular complexity index is 1220. The SMILES string of the molecule is CC(=O)N(c1ccccc1C)C1CCN(c2cc(C(=O)N3CCc4ccccc43)ncn2)CC1. The average molecular weight is 456 g/mol. The van der Waals surface area contributed by atoms with Crippen molar-refractivity contribution in [3.63, 3.8) is 0 Å². The normalized spacial score (nSPS) is 15.8. The molecule has 0 bridgehead atoms. The van der Waals surface area contributed by atoms with Crippen LogP contribution in [0.25, 0.3) is 0 Å². The van der Waals surface area contributed by atoms with E-state index < -0.39 is 0 Å². The summed E-state index contributed by atoms with van der Waals surface area (Å²) in [5.41, 5.74) is 4.65. The lowest BCUT2D eigenvalue weighted by atomic mass is 10.0. The highest BCUT2D eigenvalue weighted by atomic mass is 16.2. The highest BCUT2D eigenvalue weighted by Crippen LogP contribution is 2.30. The molecular weight excluding hydrogens is 426 g/mol. The number of amides is 2. The van der Waals surface area contributed by atoms with Gasteiger partial charge in [0.05, 0.1) is 0 Å². The van der Waals surface area contributed by atoms with Gasteiger partial charge in [-0.05, 0) is 49.4 Å². The van der Waals surface area contributed by atoms with Crippen molar-refractivity contribution >= 4 is 29.0 Å². The van der Waals surface area contributed by atoms with Crippen LogP contribution in [0.1, 0.15) is 41.4 Å². The first-order chi connectivity index (χ1) is 16.5. The minimum Gasteiger partial charge on any atom is -0.356 e. The van der Waals surface area contributed by atoms with Crippen molar-refractivity contribution in [3.8, 4) is 0 Å². The minimum absolute atomic E-state index is 0.0635. The van der Waals surface area contributed by atoms with Gasteiger partial charge in [0.1, 0.15) is 17.8 Å². The van der Waals surface area contributed by atoms with Crippen LogP contribution in [0.3, 0.4) is 0 Å². The molecule has 1 saturated heterocycles. The van der Waals surface area contributed by atoms with Gasteiger partial charge in [-0.3, -0.25) is 9.59 Å². The van der Waals surface area contributed by atoms with Crippen molar-refractivity contribution in [2.45, 2.75) is 39.2 Å². The Kier molecular flexibility index (Phi) is 6.01. The molecule has 1 aromatic heterocycles. The maximum absolute atomic E-state index is 13.2. The molecule has 5 rings (SSSR count). The number of hydrogen-bond acceptors (Lipinski definition) is 5. The molecule has 0 saturated carbocycles. The van der Waals surface area contributed by atoms with Gasteiger partial charge < -0.3 is 14.7 Å². The first-order valence-corrected chi connectivity index (χ1v) is 11.8. The molecule has 1 fully saturated rings. The smallest absolute Gasteiger partial charge is 0.277 e. The summed E-state index contributed by atoms with van der Waals surface area (Å²) < 4.78 is 0. The highest BCUT2D eigenvalue weighted by molar-refractivity contribution is 6.06. The number of carbonyl (C=O) groups excluding carboxylic acids is 2. The van der Waals surface area contributed by atoms with E-state index in [4.69, 9.17) is 0 Å². The number of rotatable bonds is 4. The molecule has 0 unspecified atom stereocenters. The third kappa shape index (κ3) is 4.14. The minimum atomic E-state index is -0.0919. The molecule has 34 heavy (non-hydrogen) atoms. The summed E-state index contributed by atoms with van der Waals surface area (Å²) in [6.45, 7) is 5.87. The fraction of sp³-hybridized carbons (Fsp3) is 0.333. The van der Waals surface area contributed by atoms with Crippen LogP contribution in [0, 0.1) is 6.92 Å². The number of nitrogens with zero attached hydrogens (tertiary/aromatic N) is 5. The quantitative estimate of drug-likeness (QED) is 0.595. The molecule has 2 aliphatic heterocycles. The topological polar surface area (TPSA) is 69.6 Å². The second kappa shape index (κ2) is 9.25. The van der Waals surface area contributed by atoms with Crippen LogP contribution < -0.4 is 14.7 Å². The van der Waals surface area contributed by atoms with Crippen molar-refractivity contribution in [1.29, 1.82) is 0 Å². The number of fused-ring (bicyclic) bond motifs is 1. The van der Waals surface area contributed by atoms with Crippen LogP contribution in [-0.2, 0) is 11.2 Å². The second-order valence-corrected chi connectivity index (χ2v) is 8.99. The van der Waals surface area contributed by atoms with Crippen LogP contribution in [0.4, 0.5) is 17.2 Å². The molecule has 3 heterocycles. The number of aryl methyl sites for hydroxylation is 1. The van der Waals surface area contributed by atoms with E-state index in [9.17, 15) is 9.59 Å². The summed E-state index contributed by atoms with van der Waals surface area (Å²) in [7, 11) is 0. The van der Waals surface area contributed by atoms with Crippen molar-refractivity contribution < 1.29 is 9.59 Å². The zero-order valence-electron chi connectivity index (χ0n) is 19.6. The molecule has 3 aromatic rings. The van der Waals surface area contributed by atoms with Gasteiger partial charge in [0.2, 0.25) is 5.91 Å². The number of anilines is 3. The van der Waals surface area contributed by atoms with Crippen molar-refractivity contribution in [1.82, 2.24) is 9.97 Å². The Balaban J connectivity index is 1.30.